The average Bonchev–Trinajstić information content (AvgIpc) is 3.15. The van der Waals surface area contributed by atoms with Gasteiger partial charge in [-0.3, -0.25) is 5.32 Å². The van der Waals surface area contributed by atoms with Crippen molar-refractivity contribution >= 4 is 21.6 Å². The molecule has 3 rings (SSSR count). The molecule has 1 saturated heterocycles. The van der Waals surface area contributed by atoms with Crippen LogP contribution in [0.4, 0.5) is 0 Å². The number of thioether (sulfide) groups is 1. The van der Waals surface area contributed by atoms with Gasteiger partial charge in [0.05, 0.1) is 7.11 Å². The van der Waals surface area contributed by atoms with E-state index in [0.29, 0.717) is 11.8 Å². The quantitative estimate of drug-likeness (QED) is 0.650. The van der Waals surface area contributed by atoms with E-state index in [1.54, 1.807) is 7.11 Å². The predicted molar refractivity (Wildman–Crippen MR) is 116 cm³/mol. The van der Waals surface area contributed by atoms with Gasteiger partial charge in [0.25, 0.3) is 0 Å². The van der Waals surface area contributed by atoms with Crippen molar-refractivity contribution in [2.75, 3.05) is 19.9 Å². The van der Waals surface area contributed by atoms with Crippen LogP contribution in [0.25, 0.3) is 0 Å². The molecule has 0 saturated carbocycles. The summed E-state index contributed by atoms with van der Waals surface area (Å²) in [6.45, 7) is 1.37. The highest BCUT2D eigenvalue weighted by Crippen LogP contribution is 2.27. The Hall–Kier alpha value is -1.54. The smallest absolute Gasteiger partial charge is 0.164 e. The molecule has 0 bridgehead atoms. The highest BCUT2D eigenvalue weighted by molar-refractivity contribution is 7.99. The van der Waals surface area contributed by atoms with E-state index >= 15 is 0 Å². The first-order valence-electron chi connectivity index (χ1n) is 9.40. The Morgan fingerprint density at radius 1 is 1.14 bits per heavy atom. The summed E-state index contributed by atoms with van der Waals surface area (Å²) >= 11 is 1.87. The van der Waals surface area contributed by atoms with Gasteiger partial charge in [-0.05, 0) is 29.7 Å². The van der Waals surface area contributed by atoms with E-state index in [0.717, 1.165) is 30.0 Å². The zero-order valence-electron chi connectivity index (χ0n) is 16.3. The Morgan fingerprint density at radius 3 is 2.50 bits per heavy atom. The van der Waals surface area contributed by atoms with Crippen molar-refractivity contribution in [1.29, 1.82) is 0 Å². The molecule has 0 aliphatic carbocycles. The lowest BCUT2D eigenvalue weighted by molar-refractivity contribution is 0.414. The first-order valence-corrected chi connectivity index (χ1v) is 12.4. The van der Waals surface area contributed by atoms with Crippen molar-refractivity contribution < 1.29 is 13.2 Å². The second-order valence-corrected chi connectivity index (χ2v) is 10.6. The van der Waals surface area contributed by atoms with Crippen LogP contribution in [0.5, 0.6) is 5.75 Å². The van der Waals surface area contributed by atoms with Gasteiger partial charge >= 0.3 is 0 Å². The summed E-state index contributed by atoms with van der Waals surface area (Å²) in [5.41, 5.74) is 2.33. The van der Waals surface area contributed by atoms with Crippen molar-refractivity contribution in [2.45, 2.75) is 35.4 Å². The molecule has 0 aromatic heterocycles. The summed E-state index contributed by atoms with van der Waals surface area (Å²) in [4.78, 5) is 0. The summed E-state index contributed by atoms with van der Waals surface area (Å²) in [5.74, 6) is 1.76. The van der Waals surface area contributed by atoms with Crippen molar-refractivity contribution in [3.05, 3.63) is 65.7 Å². The summed E-state index contributed by atoms with van der Waals surface area (Å²) in [6.07, 6.45) is 2.15. The monoisotopic (exact) mass is 420 g/mol. The van der Waals surface area contributed by atoms with E-state index < -0.39 is 15.2 Å². The van der Waals surface area contributed by atoms with Gasteiger partial charge in [0, 0.05) is 36.4 Å². The maximum Gasteiger partial charge on any atom is 0.164 e. The van der Waals surface area contributed by atoms with Crippen molar-refractivity contribution in [3.63, 3.8) is 0 Å². The fourth-order valence-corrected chi connectivity index (χ4v) is 5.80. The molecular weight excluding hydrogens is 392 g/mol. The third-order valence-electron chi connectivity index (χ3n) is 4.95. The second-order valence-electron chi connectivity index (χ2n) is 7.15. The number of hydrogen-bond donors (Lipinski definition) is 2. The normalized spacial score (nSPS) is 20.8. The third kappa shape index (κ3) is 5.98. The Bertz CT molecular complexity index is 842. The van der Waals surface area contributed by atoms with Gasteiger partial charge in [0.1, 0.15) is 11.1 Å². The van der Waals surface area contributed by atoms with Crippen molar-refractivity contribution in [3.8, 4) is 5.75 Å². The Morgan fingerprint density at radius 2 is 1.86 bits per heavy atom. The van der Waals surface area contributed by atoms with Gasteiger partial charge in [-0.1, -0.05) is 42.5 Å². The minimum Gasteiger partial charge on any atom is -0.497 e. The van der Waals surface area contributed by atoms with Crippen LogP contribution in [0, 0.1) is 0 Å². The van der Waals surface area contributed by atoms with Gasteiger partial charge < -0.3 is 10.1 Å². The summed E-state index contributed by atoms with van der Waals surface area (Å²) in [6, 6.07) is 17.9. The van der Waals surface area contributed by atoms with Gasteiger partial charge in [0.2, 0.25) is 0 Å². The highest BCUT2D eigenvalue weighted by atomic mass is 32.2. The molecule has 152 valence electrons. The number of ether oxygens (including phenoxy) is 1. The average molecular weight is 421 g/mol. The molecule has 0 radical (unpaired) electrons. The molecule has 7 heteroatoms. The van der Waals surface area contributed by atoms with Crippen LogP contribution >= 0.6 is 11.8 Å². The first kappa shape index (κ1) is 21.2. The van der Waals surface area contributed by atoms with Crippen LogP contribution in [-0.4, -0.2) is 45.0 Å². The molecule has 2 aromatic rings. The van der Waals surface area contributed by atoms with E-state index in [-0.39, 0.29) is 6.04 Å². The Labute approximate surface area is 172 Å². The Balaban J connectivity index is 1.54. The van der Waals surface area contributed by atoms with E-state index in [4.69, 9.17) is 4.74 Å². The van der Waals surface area contributed by atoms with Gasteiger partial charge in [-0.2, -0.15) is 11.8 Å². The van der Waals surface area contributed by atoms with Gasteiger partial charge in [-0.15, -0.1) is 0 Å². The standard InChI is InChI=1S/C21H28N2O3S2/c1-26-18-10-8-17(9-11-18)15-27-19-12-20(22-14-19)21(28(2,24)25)23-13-16-6-4-3-5-7-16/h3-11,19-23H,12-15H2,1-2H3. The zero-order valence-corrected chi connectivity index (χ0v) is 17.9. The number of rotatable bonds is 9. The fraction of sp³-hybridized carbons (Fsp3) is 0.429. The molecule has 3 unspecified atom stereocenters. The molecular formula is C21H28N2O3S2. The minimum absolute atomic E-state index is 0.0768. The molecule has 1 fully saturated rings. The number of nitrogens with one attached hydrogen (secondary N) is 2. The van der Waals surface area contributed by atoms with Crippen LogP contribution in [-0.2, 0) is 22.1 Å². The SMILES string of the molecule is COc1ccc(CSC2CNC(C(NCc3ccccc3)S(C)(=O)=O)C2)cc1. The lowest BCUT2D eigenvalue weighted by atomic mass is 10.2. The largest absolute Gasteiger partial charge is 0.497 e. The van der Waals surface area contributed by atoms with Gasteiger partial charge in [-0.25, -0.2) is 8.42 Å². The lowest BCUT2D eigenvalue weighted by Gasteiger charge is -2.23. The third-order valence-corrected chi connectivity index (χ3v) is 7.69. The first-order chi connectivity index (χ1) is 13.5. The molecule has 0 amide bonds. The summed E-state index contributed by atoms with van der Waals surface area (Å²) in [7, 11) is -1.55. The van der Waals surface area contributed by atoms with Crippen LogP contribution in [0.15, 0.2) is 54.6 Å². The van der Waals surface area contributed by atoms with E-state index in [9.17, 15) is 8.42 Å². The molecule has 1 heterocycles. The predicted octanol–water partition coefficient (Wildman–Crippen LogP) is 2.82. The van der Waals surface area contributed by atoms with Crippen molar-refractivity contribution in [2.24, 2.45) is 0 Å². The number of sulfone groups is 1. The molecule has 0 spiro atoms. The van der Waals surface area contributed by atoms with Gasteiger partial charge in [0.15, 0.2) is 9.84 Å². The van der Waals surface area contributed by atoms with Crippen LogP contribution in [0.2, 0.25) is 0 Å². The topological polar surface area (TPSA) is 67.4 Å². The summed E-state index contributed by atoms with van der Waals surface area (Å²) in [5, 5.41) is 6.49. The molecule has 2 aromatic carbocycles. The van der Waals surface area contributed by atoms with E-state index in [2.05, 4.69) is 22.8 Å². The molecule has 3 atom stereocenters. The highest BCUT2D eigenvalue weighted by Gasteiger charge is 2.35. The number of benzene rings is 2. The van der Waals surface area contributed by atoms with Crippen LogP contribution < -0.4 is 15.4 Å². The lowest BCUT2D eigenvalue weighted by Crippen LogP contribution is -2.49. The molecule has 1 aliphatic heterocycles. The van der Waals surface area contributed by atoms with Crippen molar-refractivity contribution in [1.82, 2.24) is 10.6 Å². The Kier molecular flexibility index (Phi) is 7.40. The second kappa shape index (κ2) is 9.78. The molecule has 28 heavy (non-hydrogen) atoms. The maximum atomic E-state index is 12.4. The molecule has 2 N–H and O–H groups in total. The van der Waals surface area contributed by atoms with E-state index in [1.807, 2.05) is 54.2 Å². The van der Waals surface area contributed by atoms with Crippen LogP contribution in [0.1, 0.15) is 17.5 Å². The van der Waals surface area contributed by atoms with E-state index in [1.165, 1.54) is 11.8 Å². The molecule has 5 nitrogen and oxygen atoms in total. The number of hydrogen-bond acceptors (Lipinski definition) is 6. The minimum atomic E-state index is -3.21. The zero-order chi connectivity index (χ0) is 20.0. The maximum absolute atomic E-state index is 12.4. The summed E-state index contributed by atoms with van der Waals surface area (Å²) < 4.78 is 29.9. The van der Waals surface area contributed by atoms with Crippen LogP contribution in [0.3, 0.4) is 0 Å². The fourth-order valence-electron chi connectivity index (χ4n) is 3.43. The number of methoxy groups -OCH3 is 1. The molecule has 1 aliphatic rings.